The number of aromatic nitrogens is 1. The molecule has 1 atom stereocenters. The summed E-state index contributed by atoms with van der Waals surface area (Å²) >= 11 is 1.23. The van der Waals surface area contributed by atoms with Crippen LogP contribution in [-0.2, 0) is 0 Å². The Hall–Kier alpha value is -1.99. The molecule has 3 N–H and O–H groups in total. The Balaban J connectivity index is 1.74. The number of rotatable bonds is 5. The number of nitrogens with one attached hydrogen (secondary N) is 1. The van der Waals surface area contributed by atoms with Crippen molar-refractivity contribution in [2.45, 2.75) is 18.9 Å². The Morgan fingerprint density at radius 3 is 2.78 bits per heavy atom. The van der Waals surface area contributed by atoms with Gasteiger partial charge in [0, 0.05) is 17.5 Å². The Bertz CT molecular complexity index is 684. The van der Waals surface area contributed by atoms with E-state index in [-0.39, 0.29) is 17.8 Å². The summed E-state index contributed by atoms with van der Waals surface area (Å²) in [5.41, 5.74) is 6.48. The van der Waals surface area contributed by atoms with Gasteiger partial charge in [0.05, 0.1) is 6.04 Å². The zero-order valence-corrected chi connectivity index (χ0v) is 13.5. The predicted octanol–water partition coefficient (Wildman–Crippen LogP) is 2.43. The van der Waals surface area contributed by atoms with Gasteiger partial charge in [-0.25, -0.2) is 9.37 Å². The largest absolute Gasteiger partial charge is 0.375 e. The molecular weight excluding hydrogens is 315 g/mol. The third-order valence-corrected chi connectivity index (χ3v) is 4.73. The molecule has 1 amide bonds. The molecule has 1 saturated heterocycles. The van der Waals surface area contributed by atoms with Crippen LogP contribution in [0.5, 0.6) is 0 Å². The van der Waals surface area contributed by atoms with Crippen molar-refractivity contribution in [2.75, 3.05) is 25.4 Å². The van der Waals surface area contributed by atoms with Crippen LogP contribution in [0.3, 0.4) is 0 Å². The summed E-state index contributed by atoms with van der Waals surface area (Å²) in [5.74, 6) is -0.518. The van der Waals surface area contributed by atoms with Gasteiger partial charge in [0.25, 0.3) is 5.91 Å². The molecule has 122 valence electrons. The number of benzene rings is 1. The second-order valence-electron chi connectivity index (χ2n) is 5.56. The molecule has 23 heavy (non-hydrogen) atoms. The van der Waals surface area contributed by atoms with Crippen molar-refractivity contribution in [1.82, 2.24) is 15.2 Å². The van der Waals surface area contributed by atoms with E-state index in [2.05, 4.69) is 15.2 Å². The minimum absolute atomic E-state index is 0.168. The predicted molar refractivity (Wildman–Crippen MR) is 88.8 cm³/mol. The van der Waals surface area contributed by atoms with Crippen molar-refractivity contribution in [3.05, 3.63) is 46.7 Å². The van der Waals surface area contributed by atoms with Crippen molar-refractivity contribution in [3.8, 4) is 0 Å². The van der Waals surface area contributed by atoms with Crippen LogP contribution in [0.2, 0.25) is 0 Å². The fourth-order valence-electron chi connectivity index (χ4n) is 2.91. The fraction of sp³-hybridized carbons (Fsp3) is 0.375. The van der Waals surface area contributed by atoms with Crippen molar-refractivity contribution in [3.63, 3.8) is 0 Å². The van der Waals surface area contributed by atoms with E-state index in [0.717, 1.165) is 25.9 Å². The SMILES string of the molecule is Nc1nc(C(=O)NC[C@H](c2ccccc2F)N2CCCC2)cs1. The van der Waals surface area contributed by atoms with Gasteiger partial charge in [-0.15, -0.1) is 11.3 Å². The minimum Gasteiger partial charge on any atom is -0.375 e. The average Bonchev–Trinajstić information content (AvgIpc) is 3.21. The molecule has 0 bridgehead atoms. The zero-order chi connectivity index (χ0) is 16.2. The van der Waals surface area contributed by atoms with E-state index in [1.54, 1.807) is 17.5 Å². The Labute approximate surface area is 138 Å². The Morgan fingerprint density at radius 1 is 1.39 bits per heavy atom. The highest BCUT2D eigenvalue weighted by Gasteiger charge is 2.26. The molecule has 1 aromatic heterocycles. The second-order valence-corrected chi connectivity index (χ2v) is 6.45. The standard InChI is InChI=1S/C16H19FN4OS/c17-12-6-2-1-5-11(12)14(21-7-3-4-8-21)9-19-15(22)13-10-23-16(18)20-13/h1-2,5-6,10,14H,3-4,7-9H2,(H2,18,20)(H,19,22)/t14-/m1/s1. The number of nitrogens with zero attached hydrogens (tertiary/aromatic N) is 2. The molecule has 1 aliphatic rings. The summed E-state index contributed by atoms with van der Waals surface area (Å²) in [6.07, 6.45) is 2.20. The molecule has 0 unspecified atom stereocenters. The third-order valence-electron chi connectivity index (χ3n) is 4.06. The number of carbonyl (C=O) groups excluding carboxylic acids is 1. The van der Waals surface area contributed by atoms with Gasteiger partial charge in [-0.1, -0.05) is 18.2 Å². The molecule has 0 radical (unpaired) electrons. The van der Waals surface area contributed by atoms with Crippen molar-refractivity contribution in [1.29, 1.82) is 0 Å². The van der Waals surface area contributed by atoms with Crippen molar-refractivity contribution < 1.29 is 9.18 Å². The number of anilines is 1. The first kappa shape index (κ1) is 15.9. The molecule has 2 heterocycles. The van der Waals surface area contributed by atoms with Gasteiger partial charge >= 0.3 is 0 Å². The summed E-state index contributed by atoms with van der Waals surface area (Å²) in [7, 11) is 0. The monoisotopic (exact) mass is 334 g/mol. The maximum atomic E-state index is 14.2. The molecule has 1 aromatic carbocycles. The first-order valence-corrected chi connectivity index (χ1v) is 8.51. The van der Waals surface area contributed by atoms with Gasteiger partial charge in [0.2, 0.25) is 0 Å². The molecule has 3 rings (SSSR count). The summed E-state index contributed by atoms with van der Waals surface area (Å²) < 4.78 is 14.2. The normalized spacial score (nSPS) is 16.4. The molecule has 1 fully saturated rings. The van der Waals surface area contributed by atoms with E-state index in [9.17, 15) is 9.18 Å². The topological polar surface area (TPSA) is 71.2 Å². The summed E-state index contributed by atoms with van der Waals surface area (Å²) in [6, 6.07) is 6.58. The van der Waals surface area contributed by atoms with Gasteiger partial charge in [-0.3, -0.25) is 9.69 Å². The highest BCUT2D eigenvalue weighted by molar-refractivity contribution is 7.13. The quantitative estimate of drug-likeness (QED) is 0.881. The fourth-order valence-corrected chi connectivity index (χ4v) is 3.45. The van der Waals surface area contributed by atoms with E-state index >= 15 is 0 Å². The smallest absolute Gasteiger partial charge is 0.270 e. The molecular formula is C16H19FN4OS. The van der Waals surface area contributed by atoms with E-state index in [0.29, 0.717) is 22.9 Å². The number of likely N-dealkylation sites (tertiary alicyclic amines) is 1. The molecule has 0 spiro atoms. The third kappa shape index (κ3) is 3.68. The minimum atomic E-state index is -0.279. The van der Waals surface area contributed by atoms with Crippen LogP contribution >= 0.6 is 11.3 Å². The number of carbonyl (C=O) groups is 1. The van der Waals surface area contributed by atoms with Crippen LogP contribution in [0.4, 0.5) is 9.52 Å². The Morgan fingerprint density at radius 2 is 2.13 bits per heavy atom. The van der Waals surface area contributed by atoms with E-state index < -0.39 is 0 Å². The first-order chi connectivity index (χ1) is 11.1. The van der Waals surface area contributed by atoms with Gasteiger partial charge in [-0.2, -0.15) is 0 Å². The van der Waals surface area contributed by atoms with Gasteiger partial charge in [0.15, 0.2) is 5.13 Å². The summed E-state index contributed by atoms with van der Waals surface area (Å²) in [4.78, 5) is 18.3. The van der Waals surface area contributed by atoms with Crippen LogP contribution < -0.4 is 11.1 Å². The zero-order valence-electron chi connectivity index (χ0n) is 12.7. The van der Waals surface area contributed by atoms with Crippen LogP contribution in [0.1, 0.15) is 34.9 Å². The number of hydrogen-bond donors (Lipinski definition) is 2. The number of thiazole rings is 1. The van der Waals surface area contributed by atoms with Crippen molar-refractivity contribution in [2.24, 2.45) is 0 Å². The Kier molecular flexibility index (Phi) is 4.88. The molecule has 2 aromatic rings. The molecule has 7 heteroatoms. The summed E-state index contributed by atoms with van der Waals surface area (Å²) in [6.45, 7) is 2.17. The van der Waals surface area contributed by atoms with Crippen LogP contribution in [0.15, 0.2) is 29.6 Å². The average molecular weight is 334 g/mol. The van der Waals surface area contributed by atoms with Gasteiger partial charge in [-0.05, 0) is 32.0 Å². The van der Waals surface area contributed by atoms with Crippen LogP contribution in [-0.4, -0.2) is 35.4 Å². The molecule has 0 saturated carbocycles. The van der Waals surface area contributed by atoms with E-state index in [4.69, 9.17) is 5.73 Å². The van der Waals surface area contributed by atoms with Gasteiger partial charge in [0.1, 0.15) is 11.5 Å². The number of amides is 1. The highest BCUT2D eigenvalue weighted by atomic mass is 32.1. The van der Waals surface area contributed by atoms with Crippen LogP contribution in [0, 0.1) is 5.82 Å². The first-order valence-electron chi connectivity index (χ1n) is 7.63. The number of nitrogens with two attached hydrogens (primary N) is 1. The maximum Gasteiger partial charge on any atom is 0.270 e. The number of hydrogen-bond acceptors (Lipinski definition) is 5. The number of halogens is 1. The van der Waals surface area contributed by atoms with Crippen LogP contribution in [0.25, 0.3) is 0 Å². The summed E-state index contributed by atoms with van der Waals surface area (Å²) in [5, 5.41) is 4.84. The lowest BCUT2D eigenvalue weighted by molar-refractivity contribution is 0.0933. The van der Waals surface area contributed by atoms with E-state index in [1.165, 1.54) is 17.4 Å². The highest BCUT2D eigenvalue weighted by Crippen LogP contribution is 2.26. The van der Waals surface area contributed by atoms with E-state index in [1.807, 2.05) is 6.07 Å². The van der Waals surface area contributed by atoms with Crippen molar-refractivity contribution >= 4 is 22.4 Å². The number of nitrogen functional groups attached to an aromatic ring is 1. The molecule has 0 aliphatic carbocycles. The second kappa shape index (κ2) is 7.06. The molecule has 5 nitrogen and oxygen atoms in total. The molecule has 1 aliphatic heterocycles. The maximum absolute atomic E-state index is 14.2. The lowest BCUT2D eigenvalue weighted by Crippen LogP contribution is -2.37. The lowest BCUT2D eigenvalue weighted by atomic mass is 10.0. The lowest BCUT2D eigenvalue weighted by Gasteiger charge is -2.28. The van der Waals surface area contributed by atoms with Gasteiger partial charge < -0.3 is 11.1 Å².